The maximum Gasteiger partial charge on any atom is 0.248 e. The number of thiazole rings is 1. The Morgan fingerprint density at radius 1 is 0.933 bits per heavy atom. The van der Waals surface area contributed by atoms with E-state index < -0.39 is 0 Å². The number of rotatable bonds is 4. The van der Waals surface area contributed by atoms with Crippen molar-refractivity contribution in [2.75, 3.05) is 5.32 Å². The van der Waals surface area contributed by atoms with Gasteiger partial charge < -0.3 is 5.32 Å². The van der Waals surface area contributed by atoms with Gasteiger partial charge in [-0.2, -0.15) is 0 Å². The summed E-state index contributed by atoms with van der Waals surface area (Å²) < 4.78 is 1.05. The minimum absolute atomic E-state index is 0.330. The summed E-state index contributed by atoms with van der Waals surface area (Å²) in [5.74, 6) is -0.361. The Hall–Kier alpha value is -2.08. The molecule has 1 amide bonds. The predicted molar refractivity (Wildman–Crippen MR) is 129 cm³/mol. The number of nitrogens with zero attached hydrogens (tertiary/aromatic N) is 1. The van der Waals surface area contributed by atoms with Gasteiger partial charge in [0.25, 0.3) is 0 Å². The largest absolute Gasteiger partial charge is 0.321 e. The Kier molecular flexibility index (Phi) is 6.32. The Morgan fingerprint density at radius 2 is 1.73 bits per heavy atom. The topological polar surface area (TPSA) is 42.0 Å². The number of carbonyl (C=O) groups excluding carboxylic acids is 1. The van der Waals surface area contributed by atoms with E-state index in [1.807, 2.05) is 24.3 Å². The number of amides is 1. The first kappa shape index (κ1) is 21.2. The molecule has 8 heteroatoms. The van der Waals surface area contributed by atoms with Crippen molar-refractivity contribution < 1.29 is 4.79 Å². The van der Waals surface area contributed by atoms with Crippen molar-refractivity contribution in [1.29, 1.82) is 0 Å². The molecule has 0 bridgehead atoms. The minimum Gasteiger partial charge on any atom is -0.321 e. The fourth-order valence-electron chi connectivity index (χ4n) is 2.77. The zero-order valence-corrected chi connectivity index (χ0v) is 19.0. The molecule has 0 aliphatic carbocycles. The molecule has 4 rings (SSSR count). The molecule has 0 radical (unpaired) electrons. The Bertz CT molecular complexity index is 1270. The van der Waals surface area contributed by atoms with Gasteiger partial charge in [-0.25, -0.2) is 4.98 Å². The second-order valence-corrected chi connectivity index (χ2v) is 8.98. The van der Waals surface area contributed by atoms with Gasteiger partial charge in [-0.1, -0.05) is 64.6 Å². The quantitative estimate of drug-likeness (QED) is 0.291. The molecule has 1 N–H and O–H groups in total. The van der Waals surface area contributed by atoms with E-state index in [9.17, 15) is 4.79 Å². The highest BCUT2D eigenvalue weighted by Gasteiger charge is 2.14. The second-order valence-electron chi connectivity index (χ2n) is 6.29. The molecule has 4 aromatic rings. The zero-order chi connectivity index (χ0) is 21.3. The molecule has 150 valence electrons. The van der Waals surface area contributed by atoms with Crippen LogP contribution < -0.4 is 5.32 Å². The van der Waals surface area contributed by atoms with Crippen molar-refractivity contribution in [3.8, 4) is 10.6 Å². The lowest BCUT2D eigenvalue weighted by Gasteiger charge is -2.09. The minimum atomic E-state index is -0.361. The summed E-state index contributed by atoms with van der Waals surface area (Å²) in [6.45, 7) is 0. The fourth-order valence-corrected chi connectivity index (χ4v) is 4.82. The third-order valence-electron chi connectivity index (χ3n) is 4.22. The summed E-state index contributed by atoms with van der Waals surface area (Å²) in [7, 11) is 0. The first-order valence-electron chi connectivity index (χ1n) is 8.70. The number of para-hydroxylation sites is 1. The van der Waals surface area contributed by atoms with E-state index in [1.54, 1.807) is 36.4 Å². The van der Waals surface area contributed by atoms with Crippen molar-refractivity contribution >= 4 is 85.6 Å². The SMILES string of the molecule is O=C(C=Cc1ccc(Cl)cc1Cl)Nc1cc(-c2nc3ccccc3s2)c(Cl)cc1Cl. The van der Waals surface area contributed by atoms with Gasteiger partial charge in [0, 0.05) is 21.7 Å². The molecule has 0 aliphatic heterocycles. The zero-order valence-electron chi connectivity index (χ0n) is 15.1. The van der Waals surface area contributed by atoms with E-state index >= 15 is 0 Å². The van der Waals surface area contributed by atoms with E-state index in [0.717, 1.165) is 15.2 Å². The molecule has 30 heavy (non-hydrogen) atoms. The summed E-state index contributed by atoms with van der Waals surface area (Å²) in [5, 5.41) is 5.29. The van der Waals surface area contributed by atoms with Crippen molar-refractivity contribution in [1.82, 2.24) is 4.98 Å². The molecule has 1 heterocycles. The number of aromatic nitrogens is 1. The number of fused-ring (bicyclic) bond motifs is 1. The first-order valence-corrected chi connectivity index (χ1v) is 11.0. The number of anilines is 1. The van der Waals surface area contributed by atoms with E-state index in [1.165, 1.54) is 17.4 Å². The molecule has 0 atom stereocenters. The van der Waals surface area contributed by atoms with Gasteiger partial charge in [0.05, 0.1) is 25.9 Å². The van der Waals surface area contributed by atoms with Crippen LogP contribution in [0.5, 0.6) is 0 Å². The highest BCUT2D eigenvalue weighted by molar-refractivity contribution is 7.21. The lowest BCUT2D eigenvalue weighted by molar-refractivity contribution is -0.111. The van der Waals surface area contributed by atoms with Crippen LogP contribution in [0.15, 0.2) is 60.7 Å². The smallest absolute Gasteiger partial charge is 0.248 e. The van der Waals surface area contributed by atoms with Crippen LogP contribution in [0.1, 0.15) is 5.56 Å². The van der Waals surface area contributed by atoms with Gasteiger partial charge in [0.2, 0.25) is 5.91 Å². The lowest BCUT2D eigenvalue weighted by Crippen LogP contribution is -2.08. The highest BCUT2D eigenvalue weighted by atomic mass is 35.5. The maximum absolute atomic E-state index is 12.4. The number of carbonyl (C=O) groups is 1. The van der Waals surface area contributed by atoms with Crippen LogP contribution in [-0.2, 0) is 4.79 Å². The Labute approximate surface area is 196 Å². The number of nitrogens with one attached hydrogen (secondary N) is 1. The van der Waals surface area contributed by atoms with Crippen LogP contribution in [0.25, 0.3) is 26.9 Å². The summed E-state index contributed by atoms with van der Waals surface area (Å²) >= 11 is 26.2. The van der Waals surface area contributed by atoms with Crippen molar-refractivity contribution in [2.24, 2.45) is 0 Å². The van der Waals surface area contributed by atoms with Gasteiger partial charge in [0.1, 0.15) is 5.01 Å². The summed E-state index contributed by atoms with van der Waals surface area (Å²) in [6, 6.07) is 16.2. The molecule has 3 aromatic carbocycles. The van der Waals surface area contributed by atoms with E-state index in [-0.39, 0.29) is 5.91 Å². The van der Waals surface area contributed by atoms with E-state index in [0.29, 0.717) is 36.9 Å². The molecule has 0 saturated heterocycles. The Balaban J connectivity index is 1.60. The van der Waals surface area contributed by atoms with Gasteiger partial charge in [0.15, 0.2) is 0 Å². The highest BCUT2D eigenvalue weighted by Crippen LogP contribution is 2.39. The van der Waals surface area contributed by atoms with E-state index in [4.69, 9.17) is 46.4 Å². The first-order chi connectivity index (χ1) is 14.4. The Morgan fingerprint density at radius 3 is 2.50 bits per heavy atom. The van der Waals surface area contributed by atoms with Crippen molar-refractivity contribution in [3.63, 3.8) is 0 Å². The molecule has 0 saturated carbocycles. The summed E-state index contributed by atoms with van der Waals surface area (Å²) in [5.41, 5.74) is 2.69. The molecule has 0 aliphatic rings. The lowest BCUT2D eigenvalue weighted by atomic mass is 10.2. The molecule has 0 spiro atoms. The molecule has 0 fully saturated rings. The van der Waals surface area contributed by atoms with Crippen molar-refractivity contribution in [2.45, 2.75) is 0 Å². The monoisotopic (exact) mass is 492 g/mol. The average molecular weight is 494 g/mol. The molecular weight excluding hydrogens is 482 g/mol. The van der Waals surface area contributed by atoms with Gasteiger partial charge in [-0.3, -0.25) is 4.79 Å². The standard InChI is InChI=1S/C22H12Cl4N2OS/c23-13-7-5-12(15(24)9-13)6-8-21(29)27-19-10-14(16(25)11-17(19)26)22-28-18-3-1-2-4-20(18)30-22/h1-11H,(H,27,29). The number of benzene rings is 3. The van der Waals surface area contributed by atoms with Crippen molar-refractivity contribution in [3.05, 3.63) is 86.3 Å². The third-order valence-corrected chi connectivity index (χ3v) is 6.47. The van der Waals surface area contributed by atoms with Crippen LogP contribution in [0.4, 0.5) is 5.69 Å². The normalized spacial score (nSPS) is 11.3. The molecule has 0 unspecified atom stereocenters. The number of halogens is 4. The van der Waals surface area contributed by atoms with Crippen LogP contribution >= 0.6 is 57.7 Å². The predicted octanol–water partition coefficient (Wildman–Crippen LogP) is 8.23. The van der Waals surface area contributed by atoms with Crippen LogP contribution in [0.3, 0.4) is 0 Å². The molecular formula is C22H12Cl4N2OS. The maximum atomic E-state index is 12.4. The third kappa shape index (κ3) is 4.64. The van der Waals surface area contributed by atoms with Crippen LogP contribution in [0.2, 0.25) is 20.1 Å². The van der Waals surface area contributed by atoms with Gasteiger partial charge in [-0.15, -0.1) is 11.3 Å². The van der Waals surface area contributed by atoms with Crippen LogP contribution in [0, 0.1) is 0 Å². The summed E-state index contributed by atoms with van der Waals surface area (Å²) in [4.78, 5) is 17.0. The number of hydrogen-bond acceptors (Lipinski definition) is 3. The summed E-state index contributed by atoms with van der Waals surface area (Å²) in [6.07, 6.45) is 2.98. The van der Waals surface area contributed by atoms with Gasteiger partial charge >= 0.3 is 0 Å². The number of hydrogen-bond donors (Lipinski definition) is 1. The van der Waals surface area contributed by atoms with E-state index in [2.05, 4.69) is 10.3 Å². The molecule has 1 aromatic heterocycles. The average Bonchev–Trinajstić information content (AvgIpc) is 3.13. The van der Waals surface area contributed by atoms with Crippen LogP contribution in [-0.4, -0.2) is 10.9 Å². The second kappa shape index (κ2) is 8.96. The fraction of sp³-hybridized carbons (Fsp3) is 0. The molecule has 3 nitrogen and oxygen atoms in total. The van der Waals surface area contributed by atoms with Gasteiger partial charge in [-0.05, 0) is 48.0 Å².